The predicted molar refractivity (Wildman–Crippen MR) is 93.3 cm³/mol. The van der Waals surface area contributed by atoms with Gasteiger partial charge >= 0.3 is 0 Å². The molecule has 0 bridgehead atoms. The smallest absolute Gasteiger partial charge is 0.269 e. The van der Waals surface area contributed by atoms with Crippen molar-refractivity contribution in [1.82, 2.24) is 20.2 Å². The summed E-state index contributed by atoms with van der Waals surface area (Å²) in [4.78, 5) is 22.1. The van der Waals surface area contributed by atoms with Crippen molar-refractivity contribution in [3.63, 3.8) is 0 Å². The summed E-state index contributed by atoms with van der Waals surface area (Å²) in [5.74, 6) is -0.127. The van der Waals surface area contributed by atoms with Gasteiger partial charge < -0.3 is 10.4 Å². The molecule has 11 heteroatoms. The molecule has 1 heterocycles. The molecule has 0 aliphatic carbocycles. The molecule has 0 aliphatic rings. The molecule has 1 amide bonds. The molecule has 2 N–H and O–H groups in total. The van der Waals surface area contributed by atoms with Gasteiger partial charge in [-0.3, -0.25) is 14.9 Å². The molecular formula is C15H12N6O4S. The topological polar surface area (TPSA) is 136 Å². The zero-order chi connectivity index (χ0) is 18.5. The van der Waals surface area contributed by atoms with Crippen molar-refractivity contribution in [1.29, 1.82) is 0 Å². The number of carbonyl (C=O) groups excluding carboxylic acids is 1. The number of aromatic nitrogens is 4. The normalized spacial score (nSPS) is 10.5. The van der Waals surface area contributed by atoms with Gasteiger partial charge in [-0.25, -0.2) is 0 Å². The third kappa shape index (κ3) is 4.13. The Labute approximate surface area is 151 Å². The van der Waals surface area contributed by atoms with E-state index in [2.05, 4.69) is 20.8 Å². The fourth-order valence-corrected chi connectivity index (χ4v) is 2.71. The maximum Gasteiger partial charge on any atom is 0.269 e. The van der Waals surface area contributed by atoms with E-state index in [4.69, 9.17) is 0 Å². The van der Waals surface area contributed by atoms with Crippen molar-refractivity contribution < 1.29 is 14.8 Å². The highest BCUT2D eigenvalue weighted by atomic mass is 32.2. The number of amides is 1. The van der Waals surface area contributed by atoms with Gasteiger partial charge in [0.2, 0.25) is 11.1 Å². The van der Waals surface area contributed by atoms with Crippen molar-refractivity contribution in [3.8, 4) is 11.4 Å². The lowest BCUT2D eigenvalue weighted by molar-refractivity contribution is -0.384. The molecule has 26 heavy (non-hydrogen) atoms. The van der Waals surface area contributed by atoms with Crippen LogP contribution in [0.5, 0.6) is 5.75 Å². The summed E-state index contributed by atoms with van der Waals surface area (Å²) >= 11 is 1.13. The van der Waals surface area contributed by atoms with E-state index in [0.29, 0.717) is 16.5 Å². The second-order valence-electron chi connectivity index (χ2n) is 5.03. The highest BCUT2D eigenvalue weighted by Gasteiger charge is 2.12. The number of nitro benzene ring substituents is 1. The molecular weight excluding hydrogens is 360 g/mol. The number of nitrogens with one attached hydrogen (secondary N) is 1. The average molecular weight is 372 g/mol. The number of aromatic hydroxyl groups is 1. The van der Waals surface area contributed by atoms with Gasteiger partial charge in [-0.05, 0) is 46.8 Å². The Morgan fingerprint density at radius 1 is 1.19 bits per heavy atom. The Hall–Kier alpha value is -3.47. The summed E-state index contributed by atoms with van der Waals surface area (Å²) in [5, 5.41) is 34.3. The van der Waals surface area contributed by atoms with Crippen LogP contribution >= 0.6 is 11.8 Å². The summed E-state index contributed by atoms with van der Waals surface area (Å²) in [6.07, 6.45) is 0. The number of hydrogen-bond acceptors (Lipinski definition) is 8. The average Bonchev–Trinajstić information content (AvgIpc) is 3.09. The Morgan fingerprint density at radius 2 is 1.88 bits per heavy atom. The van der Waals surface area contributed by atoms with E-state index in [-0.39, 0.29) is 23.1 Å². The molecule has 2 aromatic carbocycles. The molecule has 0 saturated heterocycles. The third-order valence-electron chi connectivity index (χ3n) is 3.23. The van der Waals surface area contributed by atoms with Crippen LogP contribution in [-0.2, 0) is 4.79 Å². The maximum atomic E-state index is 12.0. The molecule has 0 spiro atoms. The molecule has 0 aliphatic heterocycles. The van der Waals surface area contributed by atoms with Gasteiger partial charge in [0.25, 0.3) is 5.69 Å². The van der Waals surface area contributed by atoms with Gasteiger partial charge in [-0.2, -0.15) is 4.68 Å². The number of rotatable bonds is 6. The Morgan fingerprint density at radius 3 is 2.54 bits per heavy atom. The molecule has 0 saturated carbocycles. The van der Waals surface area contributed by atoms with Crippen molar-refractivity contribution in [2.75, 3.05) is 11.1 Å². The molecule has 10 nitrogen and oxygen atoms in total. The van der Waals surface area contributed by atoms with E-state index < -0.39 is 4.92 Å². The van der Waals surface area contributed by atoms with Gasteiger partial charge in [0.15, 0.2) is 0 Å². The van der Waals surface area contributed by atoms with Gasteiger partial charge in [-0.1, -0.05) is 11.8 Å². The van der Waals surface area contributed by atoms with Crippen molar-refractivity contribution in [2.45, 2.75) is 5.16 Å². The van der Waals surface area contributed by atoms with Gasteiger partial charge in [0, 0.05) is 17.8 Å². The van der Waals surface area contributed by atoms with Crippen LogP contribution in [-0.4, -0.2) is 41.9 Å². The fraction of sp³-hybridized carbons (Fsp3) is 0.0667. The number of thioether (sulfide) groups is 1. The second kappa shape index (κ2) is 7.61. The molecule has 1 aromatic heterocycles. The first kappa shape index (κ1) is 17.4. The molecule has 0 unspecified atom stereocenters. The lowest BCUT2D eigenvalue weighted by atomic mass is 10.3. The Bertz CT molecular complexity index is 926. The summed E-state index contributed by atoms with van der Waals surface area (Å²) in [6.45, 7) is 0. The van der Waals surface area contributed by atoms with E-state index in [1.165, 1.54) is 41.1 Å². The zero-order valence-corrected chi connectivity index (χ0v) is 14.0. The summed E-state index contributed by atoms with van der Waals surface area (Å²) in [6, 6.07) is 11.9. The number of tetrazole rings is 1. The van der Waals surface area contributed by atoms with E-state index in [9.17, 15) is 20.0 Å². The SMILES string of the molecule is O=C(CSc1nnnn1-c1ccc(O)cc1)Nc1ccc([N+](=O)[O-])cc1. The molecule has 0 atom stereocenters. The Balaban J connectivity index is 1.61. The standard InChI is InChI=1S/C15H12N6O4S/c22-13-7-5-11(6-8-13)20-15(17-18-19-20)26-9-14(23)16-10-1-3-12(4-2-10)21(24)25/h1-8,22H,9H2,(H,16,23). The maximum absolute atomic E-state index is 12.0. The van der Waals surface area contributed by atoms with E-state index >= 15 is 0 Å². The minimum atomic E-state index is -0.509. The number of benzene rings is 2. The van der Waals surface area contributed by atoms with Crippen LogP contribution in [0.25, 0.3) is 5.69 Å². The van der Waals surface area contributed by atoms with Crippen molar-refractivity contribution in [2.24, 2.45) is 0 Å². The van der Waals surface area contributed by atoms with E-state index in [1.54, 1.807) is 12.1 Å². The summed E-state index contributed by atoms with van der Waals surface area (Å²) in [7, 11) is 0. The van der Waals surface area contributed by atoms with Gasteiger partial charge in [0.05, 0.1) is 16.4 Å². The first-order chi connectivity index (χ1) is 12.5. The molecule has 3 aromatic rings. The van der Waals surface area contributed by atoms with E-state index in [0.717, 1.165) is 11.8 Å². The van der Waals surface area contributed by atoms with E-state index in [1.807, 2.05) is 0 Å². The number of phenolic OH excluding ortho intramolecular Hbond substituents is 1. The first-order valence-corrected chi connectivity index (χ1v) is 8.26. The minimum Gasteiger partial charge on any atom is -0.508 e. The second-order valence-corrected chi connectivity index (χ2v) is 5.97. The monoisotopic (exact) mass is 372 g/mol. The number of hydrogen-bond donors (Lipinski definition) is 2. The van der Waals surface area contributed by atoms with Crippen LogP contribution in [0.2, 0.25) is 0 Å². The van der Waals surface area contributed by atoms with Crippen LogP contribution in [0.15, 0.2) is 53.7 Å². The number of non-ortho nitro benzene ring substituents is 1. The minimum absolute atomic E-state index is 0.0505. The van der Waals surface area contributed by atoms with Crippen LogP contribution in [0.3, 0.4) is 0 Å². The molecule has 132 valence electrons. The molecule has 3 rings (SSSR count). The van der Waals surface area contributed by atoms with Crippen LogP contribution in [0.4, 0.5) is 11.4 Å². The first-order valence-electron chi connectivity index (χ1n) is 7.28. The van der Waals surface area contributed by atoms with Gasteiger partial charge in [0.1, 0.15) is 5.75 Å². The highest BCUT2D eigenvalue weighted by molar-refractivity contribution is 7.99. The number of nitro groups is 1. The van der Waals surface area contributed by atoms with Crippen LogP contribution < -0.4 is 5.32 Å². The number of phenols is 1. The van der Waals surface area contributed by atoms with Gasteiger partial charge in [-0.15, -0.1) is 5.10 Å². The van der Waals surface area contributed by atoms with Crippen LogP contribution in [0.1, 0.15) is 0 Å². The van der Waals surface area contributed by atoms with Crippen molar-refractivity contribution in [3.05, 3.63) is 58.6 Å². The fourth-order valence-electron chi connectivity index (χ4n) is 2.02. The lowest BCUT2D eigenvalue weighted by Crippen LogP contribution is -2.14. The lowest BCUT2D eigenvalue weighted by Gasteiger charge is -2.06. The van der Waals surface area contributed by atoms with Crippen LogP contribution in [0, 0.1) is 10.1 Å². The number of nitrogens with zero attached hydrogens (tertiary/aromatic N) is 5. The van der Waals surface area contributed by atoms with Crippen molar-refractivity contribution >= 4 is 29.0 Å². The molecule has 0 radical (unpaired) electrons. The number of anilines is 1. The quantitative estimate of drug-likeness (QED) is 0.381. The largest absolute Gasteiger partial charge is 0.508 e. The Kier molecular flexibility index (Phi) is 5.08. The molecule has 0 fully saturated rings. The number of carbonyl (C=O) groups is 1. The highest BCUT2D eigenvalue weighted by Crippen LogP contribution is 2.20. The summed E-state index contributed by atoms with van der Waals surface area (Å²) < 4.78 is 1.45. The predicted octanol–water partition coefficient (Wildman–Crippen LogP) is 2.01. The third-order valence-corrected chi connectivity index (χ3v) is 4.15. The zero-order valence-electron chi connectivity index (χ0n) is 13.1. The summed E-state index contributed by atoms with van der Waals surface area (Å²) in [5.41, 5.74) is 1.05.